The van der Waals surface area contributed by atoms with E-state index in [9.17, 15) is 9.59 Å². The Morgan fingerprint density at radius 3 is 3.05 bits per heavy atom. The van der Waals surface area contributed by atoms with Crippen LogP contribution < -0.4 is 5.32 Å². The number of carboxylic acids is 1. The molecule has 0 aromatic carbocycles. The minimum Gasteiger partial charge on any atom is -0.481 e. The van der Waals surface area contributed by atoms with Crippen LogP contribution in [0.2, 0.25) is 0 Å². The zero-order valence-electron chi connectivity index (χ0n) is 11.1. The van der Waals surface area contributed by atoms with Crippen LogP contribution in [-0.2, 0) is 20.9 Å². The molecule has 1 aliphatic heterocycles. The molecule has 1 fully saturated rings. The summed E-state index contributed by atoms with van der Waals surface area (Å²) in [5.74, 6) is -0.359. The summed E-state index contributed by atoms with van der Waals surface area (Å²) >= 11 is 0. The molecule has 110 valence electrons. The number of rotatable bonds is 6. The number of carbonyl (C=O) groups excluding carboxylic acids is 1. The molecule has 0 bridgehead atoms. The minimum atomic E-state index is -0.888. The third-order valence-corrected chi connectivity index (χ3v) is 3.15. The molecule has 2 rings (SSSR count). The smallest absolute Gasteiger partial charge is 0.305 e. The molecule has 1 atom stereocenters. The van der Waals surface area contributed by atoms with E-state index in [2.05, 4.69) is 5.32 Å². The highest BCUT2D eigenvalue weighted by molar-refractivity contribution is 5.78. The molecular weight excluding hydrogens is 264 g/mol. The lowest BCUT2D eigenvalue weighted by Gasteiger charge is -2.34. The van der Waals surface area contributed by atoms with Crippen LogP contribution in [0.3, 0.4) is 0 Å². The van der Waals surface area contributed by atoms with Crippen molar-refractivity contribution in [3.63, 3.8) is 0 Å². The molecule has 20 heavy (non-hydrogen) atoms. The number of furan rings is 1. The Morgan fingerprint density at radius 1 is 1.50 bits per heavy atom. The second-order valence-electron chi connectivity index (χ2n) is 4.65. The molecule has 0 radical (unpaired) electrons. The summed E-state index contributed by atoms with van der Waals surface area (Å²) in [6.07, 6.45) is 1.53. The van der Waals surface area contributed by atoms with Crippen molar-refractivity contribution in [3.8, 4) is 0 Å². The zero-order chi connectivity index (χ0) is 14.4. The standard InChI is InChI=1S/C13H18N2O5/c16-12(14-7-11-2-1-4-20-11)8-15-3-5-19-9-10(15)6-13(17)18/h1-2,4,10H,3,5-9H2,(H,14,16)(H,17,18). The highest BCUT2D eigenvalue weighted by atomic mass is 16.5. The predicted molar refractivity (Wildman–Crippen MR) is 69.0 cm³/mol. The van der Waals surface area contributed by atoms with E-state index in [1.165, 1.54) is 0 Å². The van der Waals surface area contributed by atoms with Gasteiger partial charge in [0, 0.05) is 12.6 Å². The molecule has 1 aliphatic rings. The quantitative estimate of drug-likeness (QED) is 0.767. The largest absolute Gasteiger partial charge is 0.481 e. The molecule has 1 unspecified atom stereocenters. The Labute approximate surface area is 116 Å². The maximum Gasteiger partial charge on any atom is 0.305 e. The number of carbonyl (C=O) groups is 2. The van der Waals surface area contributed by atoms with E-state index < -0.39 is 5.97 Å². The fourth-order valence-electron chi connectivity index (χ4n) is 2.13. The first-order valence-corrected chi connectivity index (χ1v) is 6.48. The summed E-state index contributed by atoms with van der Waals surface area (Å²) in [4.78, 5) is 24.5. The van der Waals surface area contributed by atoms with Crippen molar-refractivity contribution in [1.82, 2.24) is 10.2 Å². The Morgan fingerprint density at radius 2 is 2.35 bits per heavy atom. The van der Waals surface area contributed by atoms with E-state index >= 15 is 0 Å². The number of carboxylic acid groups (broad SMARTS) is 1. The summed E-state index contributed by atoms with van der Waals surface area (Å²) < 4.78 is 10.4. The van der Waals surface area contributed by atoms with E-state index in [4.69, 9.17) is 14.3 Å². The van der Waals surface area contributed by atoms with Gasteiger partial charge in [-0.1, -0.05) is 0 Å². The van der Waals surface area contributed by atoms with Crippen LogP contribution >= 0.6 is 0 Å². The van der Waals surface area contributed by atoms with Crippen LogP contribution in [0, 0.1) is 0 Å². The normalized spacial score (nSPS) is 19.7. The van der Waals surface area contributed by atoms with Gasteiger partial charge < -0.3 is 19.6 Å². The molecule has 1 saturated heterocycles. The van der Waals surface area contributed by atoms with Crippen molar-refractivity contribution >= 4 is 11.9 Å². The summed E-state index contributed by atoms with van der Waals surface area (Å²) in [5.41, 5.74) is 0. The van der Waals surface area contributed by atoms with Crippen molar-refractivity contribution in [2.45, 2.75) is 19.0 Å². The average Bonchev–Trinajstić information content (AvgIpc) is 2.91. The molecular formula is C13H18N2O5. The van der Waals surface area contributed by atoms with Crippen molar-refractivity contribution < 1.29 is 23.8 Å². The van der Waals surface area contributed by atoms with Crippen molar-refractivity contribution in [2.24, 2.45) is 0 Å². The summed E-state index contributed by atoms with van der Waals surface area (Å²) in [7, 11) is 0. The number of morpholine rings is 1. The third-order valence-electron chi connectivity index (χ3n) is 3.15. The first-order valence-electron chi connectivity index (χ1n) is 6.48. The van der Waals surface area contributed by atoms with E-state index in [0.717, 1.165) is 0 Å². The van der Waals surface area contributed by atoms with Gasteiger partial charge in [-0.2, -0.15) is 0 Å². The number of aliphatic carboxylic acids is 1. The fourth-order valence-corrected chi connectivity index (χ4v) is 2.13. The maximum atomic E-state index is 11.9. The molecule has 2 heterocycles. The number of hydrogen-bond donors (Lipinski definition) is 2. The fraction of sp³-hybridized carbons (Fsp3) is 0.538. The molecule has 1 amide bonds. The van der Waals surface area contributed by atoms with Gasteiger partial charge in [0.15, 0.2) is 0 Å². The lowest BCUT2D eigenvalue weighted by molar-refractivity contribution is -0.141. The first-order chi connectivity index (χ1) is 9.65. The van der Waals surface area contributed by atoms with Crippen LogP contribution in [0.15, 0.2) is 22.8 Å². The van der Waals surface area contributed by atoms with Gasteiger partial charge in [-0.05, 0) is 12.1 Å². The van der Waals surface area contributed by atoms with Crippen molar-refractivity contribution in [2.75, 3.05) is 26.3 Å². The SMILES string of the molecule is O=C(O)CC1COCCN1CC(=O)NCc1ccco1. The molecule has 0 aliphatic carbocycles. The van der Waals surface area contributed by atoms with Gasteiger partial charge in [-0.15, -0.1) is 0 Å². The number of hydrogen-bond acceptors (Lipinski definition) is 5. The van der Waals surface area contributed by atoms with Gasteiger partial charge in [0.05, 0.1) is 39.0 Å². The summed E-state index contributed by atoms with van der Waals surface area (Å²) in [6, 6.07) is 3.28. The Bertz CT molecular complexity index is 446. The van der Waals surface area contributed by atoms with Gasteiger partial charge >= 0.3 is 5.97 Å². The first kappa shape index (κ1) is 14.5. The second kappa shape index (κ2) is 7.06. The maximum absolute atomic E-state index is 11.9. The molecule has 7 nitrogen and oxygen atoms in total. The highest BCUT2D eigenvalue weighted by Gasteiger charge is 2.26. The Hall–Kier alpha value is -1.86. The van der Waals surface area contributed by atoms with Crippen LogP contribution in [0.4, 0.5) is 0 Å². The van der Waals surface area contributed by atoms with Gasteiger partial charge in [0.2, 0.25) is 5.91 Å². The van der Waals surface area contributed by atoms with Crippen LogP contribution in [0.1, 0.15) is 12.2 Å². The van der Waals surface area contributed by atoms with Crippen molar-refractivity contribution in [1.29, 1.82) is 0 Å². The second-order valence-corrected chi connectivity index (χ2v) is 4.65. The van der Waals surface area contributed by atoms with Crippen LogP contribution in [0.25, 0.3) is 0 Å². The molecule has 1 aromatic rings. The summed E-state index contributed by atoms with van der Waals surface area (Å²) in [6.45, 7) is 1.92. The number of nitrogens with zero attached hydrogens (tertiary/aromatic N) is 1. The molecule has 0 saturated carbocycles. The Balaban J connectivity index is 1.80. The highest BCUT2D eigenvalue weighted by Crippen LogP contribution is 2.10. The lowest BCUT2D eigenvalue weighted by Crippen LogP contribution is -2.50. The molecule has 7 heteroatoms. The molecule has 2 N–H and O–H groups in total. The Kier molecular flexibility index (Phi) is 5.14. The number of nitrogens with one attached hydrogen (secondary N) is 1. The van der Waals surface area contributed by atoms with Gasteiger partial charge in [0.25, 0.3) is 0 Å². The van der Waals surface area contributed by atoms with Crippen LogP contribution in [0.5, 0.6) is 0 Å². The monoisotopic (exact) mass is 282 g/mol. The van der Waals surface area contributed by atoms with E-state index in [-0.39, 0.29) is 24.9 Å². The van der Waals surface area contributed by atoms with E-state index in [0.29, 0.717) is 32.1 Å². The van der Waals surface area contributed by atoms with Gasteiger partial charge in [-0.25, -0.2) is 0 Å². The molecule has 0 spiro atoms. The summed E-state index contributed by atoms with van der Waals surface area (Å²) in [5, 5.41) is 11.6. The minimum absolute atomic E-state index is 0.0224. The lowest BCUT2D eigenvalue weighted by atomic mass is 10.1. The number of ether oxygens (including phenoxy) is 1. The zero-order valence-corrected chi connectivity index (χ0v) is 11.1. The van der Waals surface area contributed by atoms with Gasteiger partial charge in [-0.3, -0.25) is 14.5 Å². The number of amides is 1. The van der Waals surface area contributed by atoms with Crippen LogP contribution in [-0.4, -0.2) is 54.2 Å². The van der Waals surface area contributed by atoms with Gasteiger partial charge in [0.1, 0.15) is 5.76 Å². The predicted octanol–water partition coefficient (Wildman–Crippen LogP) is 0.0713. The third kappa shape index (κ3) is 4.36. The molecule has 1 aromatic heterocycles. The average molecular weight is 282 g/mol. The topological polar surface area (TPSA) is 92.0 Å². The van der Waals surface area contributed by atoms with E-state index in [1.54, 1.807) is 18.4 Å². The van der Waals surface area contributed by atoms with Crippen molar-refractivity contribution in [3.05, 3.63) is 24.2 Å². The van der Waals surface area contributed by atoms with E-state index in [1.807, 2.05) is 4.90 Å².